The highest BCUT2D eigenvalue weighted by Crippen LogP contribution is 2.22. The van der Waals surface area contributed by atoms with Crippen molar-refractivity contribution in [3.8, 4) is 5.75 Å². The molecule has 0 unspecified atom stereocenters. The number of carbonyl (C=O) groups is 2. The zero-order valence-electron chi connectivity index (χ0n) is 11.7. The van der Waals surface area contributed by atoms with Crippen LogP contribution in [0, 0.1) is 13.8 Å². The molecule has 0 bridgehead atoms. The highest BCUT2D eigenvalue weighted by atomic mass is 32.1. The Morgan fingerprint density at radius 3 is 2.71 bits per heavy atom. The summed E-state index contributed by atoms with van der Waals surface area (Å²) in [6, 6.07) is 7.24. The van der Waals surface area contributed by atoms with Gasteiger partial charge in [0.25, 0.3) is 5.91 Å². The first-order valence-electron chi connectivity index (χ1n) is 6.28. The molecule has 2 rings (SSSR count). The van der Waals surface area contributed by atoms with E-state index in [1.807, 2.05) is 32.0 Å². The Balaban J connectivity index is 1.96. The second-order valence-electron chi connectivity index (χ2n) is 4.57. The van der Waals surface area contributed by atoms with Crippen LogP contribution in [0.3, 0.4) is 0 Å². The van der Waals surface area contributed by atoms with Crippen LogP contribution >= 0.6 is 11.3 Å². The molecule has 0 spiro atoms. The van der Waals surface area contributed by atoms with E-state index in [9.17, 15) is 9.59 Å². The monoisotopic (exact) mass is 305 g/mol. The number of carboxylic acids is 1. The Morgan fingerprint density at radius 1 is 1.29 bits per heavy atom. The van der Waals surface area contributed by atoms with Crippen LogP contribution in [-0.4, -0.2) is 23.6 Å². The van der Waals surface area contributed by atoms with Gasteiger partial charge in [-0.2, -0.15) is 0 Å². The van der Waals surface area contributed by atoms with Crippen molar-refractivity contribution >= 4 is 28.9 Å². The van der Waals surface area contributed by atoms with Crippen LogP contribution in [0.2, 0.25) is 0 Å². The summed E-state index contributed by atoms with van der Waals surface area (Å²) in [5.41, 5.74) is 2.36. The molecule has 110 valence electrons. The van der Waals surface area contributed by atoms with Gasteiger partial charge in [0.15, 0.2) is 6.61 Å². The average molecular weight is 305 g/mol. The van der Waals surface area contributed by atoms with Gasteiger partial charge in [-0.3, -0.25) is 4.79 Å². The van der Waals surface area contributed by atoms with Crippen molar-refractivity contribution in [1.29, 1.82) is 0 Å². The van der Waals surface area contributed by atoms with Crippen molar-refractivity contribution in [3.63, 3.8) is 0 Å². The molecule has 0 saturated heterocycles. The van der Waals surface area contributed by atoms with E-state index < -0.39 is 11.9 Å². The summed E-state index contributed by atoms with van der Waals surface area (Å²) in [4.78, 5) is 22.9. The van der Waals surface area contributed by atoms with E-state index in [4.69, 9.17) is 9.84 Å². The van der Waals surface area contributed by atoms with Crippen molar-refractivity contribution in [1.82, 2.24) is 0 Å². The lowest BCUT2D eigenvalue weighted by Gasteiger charge is -2.10. The molecule has 0 aliphatic heterocycles. The molecule has 1 aromatic heterocycles. The quantitative estimate of drug-likeness (QED) is 0.890. The van der Waals surface area contributed by atoms with Crippen LogP contribution in [0.25, 0.3) is 0 Å². The Kier molecular flexibility index (Phi) is 4.59. The molecule has 1 heterocycles. The topological polar surface area (TPSA) is 75.6 Å². The average Bonchev–Trinajstić information content (AvgIpc) is 2.86. The number of carboxylic acid groups (broad SMARTS) is 1. The number of benzene rings is 1. The van der Waals surface area contributed by atoms with E-state index in [0.29, 0.717) is 11.4 Å². The minimum atomic E-state index is -1.06. The summed E-state index contributed by atoms with van der Waals surface area (Å²) >= 11 is 1.06. The molecular formula is C15H15NO4S. The predicted molar refractivity (Wildman–Crippen MR) is 81.3 cm³/mol. The Hall–Kier alpha value is -2.34. The second kappa shape index (κ2) is 6.41. The molecule has 0 fully saturated rings. The number of anilines is 1. The van der Waals surface area contributed by atoms with Gasteiger partial charge in [-0.1, -0.05) is 17.7 Å². The lowest BCUT2D eigenvalue weighted by Crippen LogP contribution is -2.21. The fraction of sp³-hybridized carbons (Fsp3) is 0.200. The first kappa shape index (κ1) is 15.1. The summed E-state index contributed by atoms with van der Waals surface area (Å²) in [5, 5.41) is 13.1. The number of rotatable bonds is 5. The van der Waals surface area contributed by atoms with Crippen LogP contribution < -0.4 is 10.1 Å². The van der Waals surface area contributed by atoms with Gasteiger partial charge < -0.3 is 15.2 Å². The summed E-state index contributed by atoms with van der Waals surface area (Å²) in [6.45, 7) is 3.72. The van der Waals surface area contributed by atoms with Gasteiger partial charge >= 0.3 is 5.97 Å². The van der Waals surface area contributed by atoms with Crippen LogP contribution in [0.4, 0.5) is 5.69 Å². The Bertz CT molecular complexity index is 678. The number of hydrogen-bond acceptors (Lipinski definition) is 4. The standard InChI is InChI=1S/C15H15NO4S/c1-9-3-4-12(10(2)7-9)20-8-13(17)16-11-5-6-21-14(11)15(18)19/h3-7H,8H2,1-2H3,(H,16,17)(H,18,19). The number of aromatic carboxylic acids is 1. The van der Waals surface area contributed by atoms with E-state index >= 15 is 0 Å². The van der Waals surface area contributed by atoms with E-state index in [0.717, 1.165) is 22.5 Å². The van der Waals surface area contributed by atoms with Gasteiger partial charge in [0.1, 0.15) is 10.6 Å². The fourth-order valence-corrected chi connectivity index (χ4v) is 2.55. The van der Waals surface area contributed by atoms with Gasteiger partial charge in [0.05, 0.1) is 5.69 Å². The molecule has 0 aliphatic carbocycles. The smallest absolute Gasteiger partial charge is 0.348 e. The van der Waals surface area contributed by atoms with Crippen LogP contribution in [0.1, 0.15) is 20.8 Å². The predicted octanol–water partition coefficient (Wildman–Crippen LogP) is 3.08. The molecule has 0 aliphatic rings. The van der Waals surface area contributed by atoms with Gasteiger partial charge in [-0.25, -0.2) is 4.79 Å². The number of aryl methyl sites for hydroxylation is 2. The lowest BCUT2D eigenvalue weighted by atomic mass is 10.1. The molecule has 1 aromatic carbocycles. The maximum Gasteiger partial charge on any atom is 0.348 e. The van der Waals surface area contributed by atoms with Gasteiger partial charge in [-0.15, -0.1) is 11.3 Å². The molecular weight excluding hydrogens is 290 g/mol. The zero-order valence-corrected chi connectivity index (χ0v) is 12.5. The van der Waals surface area contributed by atoms with E-state index in [1.54, 1.807) is 11.4 Å². The van der Waals surface area contributed by atoms with Gasteiger partial charge in [-0.05, 0) is 36.9 Å². The molecule has 0 radical (unpaired) electrons. The first-order chi connectivity index (χ1) is 9.97. The largest absolute Gasteiger partial charge is 0.483 e. The first-order valence-corrected chi connectivity index (χ1v) is 7.16. The van der Waals surface area contributed by atoms with Crippen LogP contribution in [0.15, 0.2) is 29.6 Å². The number of nitrogens with one attached hydrogen (secondary N) is 1. The summed E-state index contributed by atoms with van der Waals surface area (Å²) in [7, 11) is 0. The minimum absolute atomic E-state index is 0.106. The minimum Gasteiger partial charge on any atom is -0.483 e. The number of carbonyl (C=O) groups excluding carboxylic acids is 1. The molecule has 2 N–H and O–H groups in total. The summed E-state index contributed by atoms with van der Waals surface area (Å²) in [5.74, 6) is -0.814. The van der Waals surface area contributed by atoms with Crippen LogP contribution in [-0.2, 0) is 4.79 Å². The summed E-state index contributed by atoms with van der Waals surface area (Å²) < 4.78 is 5.45. The van der Waals surface area contributed by atoms with Crippen molar-refractivity contribution in [2.45, 2.75) is 13.8 Å². The van der Waals surface area contributed by atoms with Crippen molar-refractivity contribution in [3.05, 3.63) is 45.6 Å². The summed E-state index contributed by atoms with van der Waals surface area (Å²) in [6.07, 6.45) is 0. The zero-order chi connectivity index (χ0) is 15.4. The fourth-order valence-electron chi connectivity index (χ4n) is 1.86. The Morgan fingerprint density at radius 2 is 2.05 bits per heavy atom. The van der Waals surface area contributed by atoms with Gasteiger partial charge in [0, 0.05) is 0 Å². The van der Waals surface area contributed by atoms with E-state index in [-0.39, 0.29) is 11.5 Å². The third kappa shape index (κ3) is 3.82. The molecule has 1 amide bonds. The third-order valence-corrected chi connectivity index (χ3v) is 3.73. The van der Waals surface area contributed by atoms with E-state index in [2.05, 4.69) is 5.32 Å². The highest BCUT2D eigenvalue weighted by Gasteiger charge is 2.14. The van der Waals surface area contributed by atoms with Crippen molar-refractivity contribution in [2.24, 2.45) is 0 Å². The lowest BCUT2D eigenvalue weighted by molar-refractivity contribution is -0.118. The maximum absolute atomic E-state index is 11.8. The molecule has 21 heavy (non-hydrogen) atoms. The van der Waals surface area contributed by atoms with Crippen LogP contribution in [0.5, 0.6) is 5.75 Å². The normalized spacial score (nSPS) is 10.2. The molecule has 6 heteroatoms. The number of hydrogen-bond donors (Lipinski definition) is 2. The molecule has 0 atom stereocenters. The highest BCUT2D eigenvalue weighted by molar-refractivity contribution is 7.12. The molecule has 0 saturated carbocycles. The number of thiophene rings is 1. The second-order valence-corrected chi connectivity index (χ2v) is 5.49. The Labute approximate surface area is 126 Å². The van der Waals surface area contributed by atoms with Crippen molar-refractivity contribution in [2.75, 3.05) is 11.9 Å². The molecule has 5 nitrogen and oxygen atoms in total. The number of amides is 1. The van der Waals surface area contributed by atoms with Gasteiger partial charge in [0.2, 0.25) is 0 Å². The van der Waals surface area contributed by atoms with E-state index in [1.165, 1.54) is 0 Å². The molecule has 2 aromatic rings. The third-order valence-electron chi connectivity index (χ3n) is 2.82. The SMILES string of the molecule is Cc1ccc(OCC(=O)Nc2ccsc2C(=O)O)c(C)c1. The number of ether oxygens (including phenoxy) is 1. The maximum atomic E-state index is 11.8. The van der Waals surface area contributed by atoms with Crippen molar-refractivity contribution < 1.29 is 19.4 Å².